The zero-order valence-corrected chi connectivity index (χ0v) is 9.31. The van der Waals surface area contributed by atoms with Gasteiger partial charge in [0, 0.05) is 16.6 Å². The fourth-order valence-electron chi connectivity index (χ4n) is 1.21. The lowest BCUT2D eigenvalue weighted by Gasteiger charge is -2.05. The summed E-state index contributed by atoms with van der Waals surface area (Å²) in [5.74, 6) is 0.862. The first kappa shape index (κ1) is 10.3. The molecule has 2 aromatic rings. The van der Waals surface area contributed by atoms with Crippen molar-refractivity contribution >= 4 is 29.0 Å². The van der Waals surface area contributed by atoms with Gasteiger partial charge in [0.2, 0.25) is 0 Å². The predicted octanol–water partition coefficient (Wildman–Crippen LogP) is 3.33. The Balaban J connectivity index is 2.05. The summed E-state index contributed by atoms with van der Waals surface area (Å²) in [7, 11) is 0. The molecule has 2 N–H and O–H groups in total. The molecule has 15 heavy (non-hydrogen) atoms. The zero-order valence-electron chi connectivity index (χ0n) is 7.80. The summed E-state index contributed by atoms with van der Waals surface area (Å²) in [6.45, 7) is 0.637. The second kappa shape index (κ2) is 4.55. The minimum atomic E-state index is 0.637. The van der Waals surface area contributed by atoms with Gasteiger partial charge in [-0.1, -0.05) is 29.3 Å². The average Bonchev–Trinajstić information content (AvgIpc) is 2.69. The number of benzene rings is 1. The summed E-state index contributed by atoms with van der Waals surface area (Å²) in [6, 6.07) is 7.29. The van der Waals surface area contributed by atoms with E-state index in [0.717, 1.165) is 11.4 Å². The molecule has 0 bridgehead atoms. The molecule has 0 atom stereocenters. The molecule has 78 valence electrons. The van der Waals surface area contributed by atoms with Gasteiger partial charge in [0.05, 0.1) is 6.20 Å². The van der Waals surface area contributed by atoms with Gasteiger partial charge in [0.25, 0.3) is 0 Å². The van der Waals surface area contributed by atoms with Gasteiger partial charge in [-0.2, -0.15) is 5.10 Å². The second-order valence-corrected chi connectivity index (χ2v) is 3.90. The van der Waals surface area contributed by atoms with Crippen molar-refractivity contribution < 1.29 is 0 Å². The van der Waals surface area contributed by atoms with Crippen LogP contribution in [0.15, 0.2) is 30.5 Å². The minimum absolute atomic E-state index is 0.637. The third kappa shape index (κ3) is 2.64. The summed E-state index contributed by atoms with van der Waals surface area (Å²) in [4.78, 5) is 0. The molecule has 0 unspecified atom stereocenters. The normalized spacial score (nSPS) is 10.3. The molecular weight excluding hydrogens is 233 g/mol. The molecule has 0 aliphatic heterocycles. The Bertz CT molecular complexity index is 440. The number of nitrogens with one attached hydrogen (secondary N) is 2. The molecule has 0 spiro atoms. The van der Waals surface area contributed by atoms with Crippen LogP contribution in [0, 0.1) is 0 Å². The number of halogens is 2. The van der Waals surface area contributed by atoms with Crippen LogP contribution in [-0.4, -0.2) is 10.2 Å². The first-order chi connectivity index (χ1) is 7.25. The average molecular weight is 242 g/mol. The SMILES string of the molecule is Clc1ccc(CNc2ccn[nH]2)c(Cl)c1. The zero-order chi connectivity index (χ0) is 10.7. The van der Waals surface area contributed by atoms with E-state index in [-0.39, 0.29) is 0 Å². The van der Waals surface area contributed by atoms with E-state index in [0.29, 0.717) is 16.6 Å². The number of aromatic amines is 1. The summed E-state index contributed by atoms with van der Waals surface area (Å²) in [5.41, 5.74) is 0.996. The van der Waals surface area contributed by atoms with Gasteiger partial charge in [-0.05, 0) is 23.8 Å². The molecule has 1 aromatic carbocycles. The molecule has 0 aliphatic carbocycles. The number of hydrogen-bond donors (Lipinski definition) is 2. The quantitative estimate of drug-likeness (QED) is 0.866. The first-order valence-electron chi connectivity index (χ1n) is 4.43. The maximum absolute atomic E-state index is 6.02. The van der Waals surface area contributed by atoms with E-state index >= 15 is 0 Å². The molecule has 0 saturated heterocycles. The van der Waals surface area contributed by atoms with Crippen LogP contribution < -0.4 is 5.32 Å². The molecule has 0 fully saturated rings. The smallest absolute Gasteiger partial charge is 0.121 e. The van der Waals surface area contributed by atoms with E-state index in [1.807, 2.05) is 18.2 Å². The van der Waals surface area contributed by atoms with Gasteiger partial charge in [-0.3, -0.25) is 5.10 Å². The van der Waals surface area contributed by atoms with Crippen molar-refractivity contribution in [2.75, 3.05) is 5.32 Å². The number of rotatable bonds is 3. The van der Waals surface area contributed by atoms with Crippen LogP contribution in [0.4, 0.5) is 5.82 Å². The van der Waals surface area contributed by atoms with Gasteiger partial charge < -0.3 is 5.32 Å². The molecule has 5 heteroatoms. The highest BCUT2D eigenvalue weighted by molar-refractivity contribution is 6.35. The lowest BCUT2D eigenvalue weighted by molar-refractivity contribution is 1.05. The number of aromatic nitrogens is 2. The van der Waals surface area contributed by atoms with Crippen LogP contribution in [0.25, 0.3) is 0 Å². The monoisotopic (exact) mass is 241 g/mol. The predicted molar refractivity (Wildman–Crippen MR) is 62.4 cm³/mol. The maximum atomic E-state index is 6.02. The minimum Gasteiger partial charge on any atom is -0.366 e. The van der Waals surface area contributed by atoms with Gasteiger partial charge in [0.1, 0.15) is 5.82 Å². The second-order valence-electron chi connectivity index (χ2n) is 3.06. The van der Waals surface area contributed by atoms with Crippen molar-refractivity contribution in [3.8, 4) is 0 Å². The highest BCUT2D eigenvalue weighted by Gasteiger charge is 2.01. The molecule has 3 nitrogen and oxygen atoms in total. The van der Waals surface area contributed by atoms with Crippen LogP contribution in [0.1, 0.15) is 5.56 Å². The van der Waals surface area contributed by atoms with Crippen molar-refractivity contribution in [1.82, 2.24) is 10.2 Å². The van der Waals surface area contributed by atoms with Crippen LogP contribution in [-0.2, 0) is 6.54 Å². The Labute approximate surface area is 97.4 Å². The lowest BCUT2D eigenvalue weighted by atomic mass is 10.2. The van der Waals surface area contributed by atoms with Gasteiger partial charge in [0.15, 0.2) is 0 Å². The third-order valence-corrected chi connectivity index (χ3v) is 2.57. The van der Waals surface area contributed by atoms with E-state index < -0.39 is 0 Å². The van der Waals surface area contributed by atoms with E-state index in [4.69, 9.17) is 23.2 Å². The van der Waals surface area contributed by atoms with Crippen LogP contribution >= 0.6 is 23.2 Å². The molecular formula is C10H9Cl2N3. The lowest BCUT2D eigenvalue weighted by Crippen LogP contribution is -2.00. The Morgan fingerprint density at radius 1 is 1.27 bits per heavy atom. The summed E-state index contributed by atoms with van der Waals surface area (Å²) < 4.78 is 0. The number of nitrogens with zero attached hydrogens (tertiary/aromatic N) is 1. The molecule has 0 saturated carbocycles. The highest BCUT2D eigenvalue weighted by atomic mass is 35.5. The molecule has 0 radical (unpaired) electrons. The topological polar surface area (TPSA) is 40.7 Å². The highest BCUT2D eigenvalue weighted by Crippen LogP contribution is 2.21. The standard InChI is InChI=1S/C10H9Cl2N3/c11-8-2-1-7(9(12)5-8)6-13-10-3-4-14-15-10/h1-5H,6H2,(H2,13,14,15). The fourth-order valence-corrected chi connectivity index (χ4v) is 1.69. The van der Waals surface area contributed by atoms with Gasteiger partial charge >= 0.3 is 0 Å². The van der Waals surface area contributed by atoms with E-state index in [1.54, 1.807) is 12.3 Å². The fraction of sp³-hybridized carbons (Fsp3) is 0.100. The van der Waals surface area contributed by atoms with Crippen molar-refractivity contribution in [1.29, 1.82) is 0 Å². The van der Waals surface area contributed by atoms with Crippen molar-refractivity contribution in [3.63, 3.8) is 0 Å². The first-order valence-corrected chi connectivity index (χ1v) is 5.18. The third-order valence-electron chi connectivity index (χ3n) is 1.99. The van der Waals surface area contributed by atoms with Crippen molar-refractivity contribution in [3.05, 3.63) is 46.1 Å². The van der Waals surface area contributed by atoms with Crippen LogP contribution in [0.3, 0.4) is 0 Å². The number of hydrogen-bond acceptors (Lipinski definition) is 2. The van der Waals surface area contributed by atoms with Gasteiger partial charge in [-0.25, -0.2) is 0 Å². The Kier molecular flexibility index (Phi) is 3.14. The molecule has 1 aromatic heterocycles. The number of anilines is 1. The number of H-pyrrole nitrogens is 1. The van der Waals surface area contributed by atoms with Gasteiger partial charge in [-0.15, -0.1) is 0 Å². The molecule has 0 amide bonds. The molecule has 2 rings (SSSR count). The molecule has 1 heterocycles. The summed E-state index contributed by atoms with van der Waals surface area (Å²) >= 11 is 11.8. The largest absolute Gasteiger partial charge is 0.366 e. The van der Waals surface area contributed by atoms with Crippen molar-refractivity contribution in [2.24, 2.45) is 0 Å². The maximum Gasteiger partial charge on any atom is 0.121 e. The van der Waals surface area contributed by atoms with E-state index in [2.05, 4.69) is 15.5 Å². The Hall–Kier alpha value is -1.19. The van der Waals surface area contributed by atoms with Crippen LogP contribution in [0.2, 0.25) is 10.0 Å². The summed E-state index contributed by atoms with van der Waals surface area (Å²) in [5, 5.41) is 11.1. The Morgan fingerprint density at radius 3 is 2.80 bits per heavy atom. The van der Waals surface area contributed by atoms with Crippen LogP contribution in [0.5, 0.6) is 0 Å². The van der Waals surface area contributed by atoms with E-state index in [1.165, 1.54) is 0 Å². The summed E-state index contributed by atoms with van der Waals surface area (Å²) in [6.07, 6.45) is 1.69. The Morgan fingerprint density at radius 2 is 2.13 bits per heavy atom. The van der Waals surface area contributed by atoms with E-state index in [9.17, 15) is 0 Å². The van der Waals surface area contributed by atoms with Crippen molar-refractivity contribution in [2.45, 2.75) is 6.54 Å². The molecule has 0 aliphatic rings.